The van der Waals surface area contributed by atoms with Crippen LogP contribution in [0.2, 0.25) is 0 Å². The van der Waals surface area contributed by atoms with Gasteiger partial charge in [-0.2, -0.15) is 0 Å². The van der Waals surface area contributed by atoms with Gasteiger partial charge in [-0.15, -0.1) is 0 Å². The molecule has 1 fully saturated rings. The summed E-state index contributed by atoms with van der Waals surface area (Å²) in [6.07, 6.45) is 2.52. The fourth-order valence-corrected chi connectivity index (χ4v) is 2.15. The Hall–Kier alpha value is -1.95. The largest absolute Gasteiger partial charge is 0.480 e. The summed E-state index contributed by atoms with van der Waals surface area (Å²) in [4.78, 5) is 28.8. The number of aryl methyl sites for hydroxylation is 1. The molecule has 1 saturated heterocycles. The van der Waals surface area contributed by atoms with Crippen molar-refractivity contribution in [3.05, 3.63) is 30.1 Å². The quantitative estimate of drug-likeness (QED) is 0.792. The molecule has 102 valence electrons. The van der Waals surface area contributed by atoms with Crippen LogP contribution in [0.15, 0.2) is 24.4 Å². The van der Waals surface area contributed by atoms with Gasteiger partial charge in [-0.25, -0.2) is 4.79 Å². The number of pyridine rings is 1. The molecule has 1 amide bonds. The lowest BCUT2D eigenvalue weighted by atomic mass is 10.1. The van der Waals surface area contributed by atoms with E-state index in [9.17, 15) is 9.59 Å². The van der Waals surface area contributed by atoms with Crippen LogP contribution in [0.25, 0.3) is 0 Å². The highest BCUT2D eigenvalue weighted by Crippen LogP contribution is 2.08. The Morgan fingerprint density at radius 1 is 1.47 bits per heavy atom. The smallest absolute Gasteiger partial charge is 0.327 e. The molecule has 0 radical (unpaired) electrons. The van der Waals surface area contributed by atoms with E-state index in [1.165, 1.54) is 4.90 Å². The molecule has 1 atom stereocenters. The van der Waals surface area contributed by atoms with Crippen molar-refractivity contribution in [1.82, 2.24) is 15.2 Å². The standard InChI is InChI=1S/C13H17N3O3/c17-12(5-4-10-3-1-2-6-15-10)16-8-7-14-9-11(16)13(18)19/h1-3,6,11,14H,4-5,7-9H2,(H,18,19). The van der Waals surface area contributed by atoms with Gasteiger partial charge in [-0.05, 0) is 18.6 Å². The molecule has 0 bridgehead atoms. The summed E-state index contributed by atoms with van der Waals surface area (Å²) in [5, 5.41) is 12.1. The average Bonchev–Trinajstić information content (AvgIpc) is 2.46. The molecular weight excluding hydrogens is 246 g/mol. The van der Waals surface area contributed by atoms with E-state index in [0.29, 0.717) is 32.5 Å². The Kier molecular flexibility index (Phi) is 4.46. The third kappa shape index (κ3) is 3.51. The second kappa shape index (κ2) is 6.29. The van der Waals surface area contributed by atoms with Gasteiger partial charge in [0, 0.05) is 37.9 Å². The summed E-state index contributed by atoms with van der Waals surface area (Å²) in [5.74, 6) is -1.09. The number of hydrogen-bond donors (Lipinski definition) is 2. The first-order valence-electron chi connectivity index (χ1n) is 6.31. The van der Waals surface area contributed by atoms with E-state index in [4.69, 9.17) is 5.11 Å². The van der Waals surface area contributed by atoms with Crippen molar-refractivity contribution in [2.75, 3.05) is 19.6 Å². The normalized spacial score (nSPS) is 19.2. The van der Waals surface area contributed by atoms with Gasteiger partial charge in [0.25, 0.3) is 0 Å². The third-order valence-corrected chi connectivity index (χ3v) is 3.17. The molecule has 0 spiro atoms. The second-order valence-electron chi connectivity index (χ2n) is 4.47. The Balaban J connectivity index is 1.93. The molecule has 0 aromatic carbocycles. The Morgan fingerprint density at radius 3 is 3.00 bits per heavy atom. The highest BCUT2D eigenvalue weighted by Gasteiger charge is 2.31. The van der Waals surface area contributed by atoms with Crippen LogP contribution in [-0.2, 0) is 16.0 Å². The molecule has 2 heterocycles. The maximum atomic E-state index is 12.1. The van der Waals surface area contributed by atoms with Crippen LogP contribution >= 0.6 is 0 Å². The van der Waals surface area contributed by atoms with Crippen LogP contribution in [0.3, 0.4) is 0 Å². The van der Waals surface area contributed by atoms with Crippen molar-refractivity contribution >= 4 is 11.9 Å². The summed E-state index contributed by atoms with van der Waals surface area (Å²) in [6.45, 7) is 1.39. The minimum absolute atomic E-state index is 0.125. The van der Waals surface area contributed by atoms with Crippen molar-refractivity contribution in [1.29, 1.82) is 0 Å². The monoisotopic (exact) mass is 263 g/mol. The van der Waals surface area contributed by atoms with Crippen LogP contribution in [0.1, 0.15) is 12.1 Å². The van der Waals surface area contributed by atoms with Crippen LogP contribution in [0.4, 0.5) is 0 Å². The summed E-state index contributed by atoms with van der Waals surface area (Å²) in [5.41, 5.74) is 0.845. The highest BCUT2D eigenvalue weighted by atomic mass is 16.4. The number of nitrogens with zero attached hydrogens (tertiary/aromatic N) is 2. The molecule has 2 rings (SSSR count). The van der Waals surface area contributed by atoms with Gasteiger partial charge in [0.05, 0.1) is 0 Å². The third-order valence-electron chi connectivity index (χ3n) is 3.17. The molecule has 2 N–H and O–H groups in total. The summed E-state index contributed by atoms with van der Waals surface area (Å²) < 4.78 is 0. The SMILES string of the molecule is O=C(O)C1CNCCN1C(=O)CCc1ccccn1. The molecule has 1 aliphatic heterocycles. The van der Waals surface area contributed by atoms with Gasteiger partial charge in [-0.3, -0.25) is 9.78 Å². The highest BCUT2D eigenvalue weighted by molar-refractivity contribution is 5.84. The number of carboxylic acid groups (broad SMARTS) is 1. The molecule has 1 aromatic heterocycles. The van der Waals surface area contributed by atoms with E-state index < -0.39 is 12.0 Å². The zero-order chi connectivity index (χ0) is 13.7. The first-order valence-corrected chi connectivity index (χ1v) is 6.31. The van der Waals surface area contributed by atoms with Crippen molar-refractivity contribution in [3.63, 3.8) is 0 Å². The number of rotatable bonds is 4. The number of carboxylic acids is 1. The van der Waals surface area contributed by atoms with E-state index in [2.05, 4.69) is 10.3 Å². The lowest BCUT2D eigenvalue weighted by molar-refractivity contribution is -0.151. The summed E-state index contributed by atoms with van der Waals surface area (Å²) >= 11 is 0. The van der Waals surface area contributed by atoms with E-state index >= 15 is 0 Å². The van der Waals surface area contributed by atoms with Gasteiger partial charge in [0.2, 0.25) is 5.91 Å². The number of amides is 1. The predicted molar refractivity (Wildman–Crippen MR) is 68.6 cm³/mol. The topological polar surface area (TPSA) is 82.5 Å². The molecule has 0 saturated carbocycles. The van der Waals surface area contributed by atoms with Crippen LogP contribution in [-0.4, -0.2) is 52.5 Å². The van der Waals surface area contributed by atoms with E-state index in [0.717, 1.165) is 5.69 Å². The fourth-order valence-electron chi connectivity index (χ4n) is 2.15. The van der Waals surface area contributed by atoms with Gasteiger partial charge in [0.1, 0.15) is 6.04 Å². The first-order chi connectivity index (χ1) is 9.18. The minimum Gasteiger partial charge on any atom is -0.480 e. The number of piperazine rings is 1. The average molecular weight is 263 g/mol. The Bertz CT molecular complexity index is 450. The number of carbonyl (C=O) groups excluding carboxylic acids is 1. The molecule has 1 aliphatic rings. The molecule has 0 aliphatic carbocycles. The van der Waals surface area contributed by atoms with Crippen LogP contribution in [0.5, 0.6) is 0 Å². The van der Waals surface area contributed by atoms with Crippen molar-refractivity contribution in [3.8, 4) is 0 Å². The molecule has 1 unspecified atom stereocenters. The minimum atomic E-state index is -0.960. The summed E-state index contributed by atoms with van der Waals surface area (Å²) in [7, 11) is 0. The maximum absolute atomic E-state index is 12.1. The maximum Gasteiger partial charge on any atom is 0.327 e. The van der Waals surface area contributed by atoms with Gasteiger partial charge >= 0.3 is 5.97 Å². The number of aliphatic carboxylic acids is 1. The Labute approximate surface area is 111 Å². The van der Waals surface area contributed by atoms with Gasteiger partial charge < -0.3 is 15.3 Å². The van der Waals surface area contributed by atoms with Crippen LogP contribution < -0.4 is 5.32 Å². The van der Waals surface area contributed by atoms with Crippen molar-refractivity contribution in [2.24, 2.45) is 0 Å². The molecule has 1 aromatic rings. The van der Waals surface area contributed by atoms with Gasteiger partial charge in [-0.1, -0.05) is 6.07 Å². The van der Waals surface area contributed by atoms with E-state index in [-0.39, 0.29) is 5.91 Å². The van der Waals surface area contributed by atoms with Gasteiger partial charge in [0.15, 0.2) is 0 Å². The lowest BCUT2D eigenvalue weighted by Gasteiger charge is -2.33. The second-order valence-corrected chi connectivity index (χ2v) is 4.47. The molecule has 6 heteroatoms. The van der Waals surface area contributed by atoms with Crippen molar-refractivity contribution < 1.29 is 14.7 Å². The number of carbonyl (C=O) groups is 2. The Morgan fingerprint density at radius 2 is 2.32 bits per heavy atom. The predicted octanol–water partition coefficient (Wildman–Crippen LogP) is -0.101. The number of hydrogen-bond acceptors (Lipinski definition) is 4. The van der Waals surface area contributed by atoms with Crippen LogP contribution in [0, 0.1) is 0 Å². The zero-order valence-corrected chi connectivity index (χ0v) is 10.6. The van der Waals surface area contributed by atoms with E-state index in [1.807, 2.05) is 18.2 Å². The van der Waals surface area contributed by atoms with Crippen molar-refractivity contribution in [2.45, 2.75) is 18.9 Å². The fraction of sp³-hybridized carbons (Fsp3) is 0.462. The first kappa shape index (κ1) is 13.5. The number of aromatic nitrogens is 1. The number of nitrogens with one attached hydrogen (secondary N) is 1. The molecule has 6 nitrogen and oxygen atoms in total. The zero-order valence-electron chi connectivity index (χ0n) is 10.6. The molecule has 19 heavy (non-hydrogen) atoms. The lowest BCUT2D eigenvalue weighted by Crippen LogP contribution is -2.57. The van der Waals surface area contributed by atoms with E-state index in [1.54, 1.807) is 6.20 Å². The molecular formula is C13H17N3O3. The summed E-state index contributed by atoms with van der Waals surface area (Å²) in [6, 6.07) is 4.80.